The van der Waals surface area contributed by atoms with E-state index in [1.807, 2.05) is 17.7 Å². The number of carbonyl (C=O) groups is 1. The minimum absolute atomic E-state index is 0. The van der Waals surface area contributed by atoms with Gasteiger partial charge >= 0.3 is 0 Å². The lowest BCUT2D eigenvalue weighted by atomic mass is 10.00. The average Bonchev–Trinajstić information content (AvgIpc) is 2.85. The molecule has 0 aliphatic carbocycles. The Morgan fingerprint density at radius 2 is 2.50 bits per heavy atom. The predicted octanol–water partition coefficient (Wildman–Crippen LogP) is 2.62. The summed E-state index contributed by atoms with van der Waals surface area (Å²) in [5, 5.41) is 8.39. The third-order valence-corrected chi connectivity index (χ3v) is 4.83. The Morgan fingerprint density at radius 3 is 3.17 bits per heavy atom. The van der Waals surface area contributed by atoms with Crippen molar-refractivity contribution in [3.05, 3.63) is 16.3 Å². The van der Waals surface area contributed by atoms with Crippen LogP contribution in [-0.2, 0) is 0 Å². The van der Waals surface area contributed by atoms with E-state index >= 15 is 0 Å². The van der Waals surface area contributed by atoms with Crippen molar-refractivity contribution in [2.24, 2.45) is 5.92 Å². The number of nitrogens with one attached hydrogen (secondary N) is 2. The van der Waals surface area contributed by atoms with Crippen LogP contribution in [0.15, 0.2) is 16.3 Å². The van der Waals surface area contributed by atoms with Crippen LogP contribution in [-0.4, -0.2) is 31.8 Å². The Labute approximate surface area is 123 Å². The van der Waals surface area contributed by atoms with Crippen molar-refractivity contribution < 1.29 is 4.79 Å². The molecule has 102 valence electrons. The van der Waals surface area contributed by atoms with Gasteiger partial charge in [-0.15, -0.1) is 35.5 Å². The highest BCUT2D eigenvalue weighted by Crippen LogP contribution is 2.25. The zero-order valence-electron chi connectivity index (χ0n) is 10.4. The van der Waals surface area contributed by atoms with Gasteiger partial charge in [-0.1, -0.05) is 0 Å². The zero-order valence-corrected chi connectivity index (χ0v) is 12.9. The normalized spacial score (nSPS) is 19.1. The third-order valence-electron chi connectivity index (χ3n) is 3.01. The van der Waals surface area contributed by atoms with Crippen molar-refractivity contribution in [1.82, 2.24) is 10.6 Å². The lowest BCUT2D eigenvalue weighted by Gasteiger charge is -2.22. The van der Waals surface area contributed by atoms with Gasteiger partial charge in [-0.25, -0.2) is 0 Å². The molecular formula is C12H19ClN2OS2. The molecule has 0 radical (unpaired) electrons. The van der Waals surface area contributed by atoms with Crippen molar-refractivity contribution in [2.75, 3.05) is 25.9 Å². The summed E-state index contributed by atoms with van der Waals surface area (Å²) in [7, 11) is 0. The highest BCUT2D eigenvalue weighted by Gasteiger charge is 2.16. The molecule has 1 aliphatic heterocycles. The molecule has 1 unspecified atom stereocenters. The second-order valence-corrected chi connectivity index (χ2v) is 6.00. The van der Waals surface area contributed by atoms with Crippen LogP contribution in [0.1, 0.15) is 22.5 Å². The minimum Gasteiger partial charge on any atom is -0.351 e. The summed E-state index contributed by atoms with van der Waals surface area (Å²) in [5.41, 5.74) is 0. The van der Waals surface area contributed by atoms with Crippen LogP contribution in [0.4, 0.5) is 0 Å². The zero-order chi connectivity index (χ0) is 12.1. The summed E-state index contributed by atoms with van der Waals surface area (Å²) in [4.78, 5) is 13.9. The van der Waals surface area contributed by atoms with E-state index < -0.39 is 0 Å². The smallest absolute Gasteiger partial charge is 0.262 e. The molecule has 1 atom stereocenters. The summed E-state index contributed by atoms with van der Waals surface area (Å²) >= 11 is 3.15. The summed E-state index contributed by atoms with van der Waals surface area (Å²) in [6.45, 7) is 2.93. The maximum absolute atomic E-state index is 12.0. The van der Waals surface area contributed by atoms with Gasteiger partial charge in [-0.3, -0.25) is 4.79 Å². The van der Waals surface area contributed by atoms with E-state index in [1.54, 1.807) is 11.8 Å². The molecular weight excluding hydrogens is 288 g/mol. The molecule has 1 fully saturated rings. The summed E-state index contributed by atoms with van der Waals surface area (Å²) in [5.74, 6) is 0.667. The number of halogens is 1. The van der Waals surface area contributed by atoms with E-state index in [1.165, 1.54) is 24.2 Å². The van der Waals surface area contributed by atoms with Crippen LogP contribution in [0.3, 0.4) is 0 Å². The molecule has 0 bridgehead atoms. The number of amides is 1. The second-order valence-electron chi connectivity index (χ2n) is 4.24. The van der Waals surface area contributed by atoms with E-state index in [-0.39, 0.29) is 18.3 Å². The van der Waals surface area contributed by atoms with Gasteiger partial charge in [0.1, 0.15) is 4.88 Å². The molecule has 2 rings (SSSR count). The van der Waals surface area contributed by atoms with Crippen LogP contribution in [0.25, 0.3) is 0 Å². The molecule has 6 heteroatoms. The van der Waals surface area contributed by atoms with Crippen LogP contribution < -0.4 is 10.6 Å². The molecule has 18 heavy (non-hydrogen) atoms. The van der Waals surface area contributed by atoms with E-state index in [2.05, 4.69) is 10.6 Å². The van der Waals surface area contributed by atoms with E-state index in [4.69, 9.17) is 0 Å². The highest BCUT2D eigenvalue weighted by atomic mass is 35.5. The van der Waals surface area contributed by atoms with Gasteiger partial charge in [-0.05, 0) is 49.6 Å². The molecule has 1 aromatic heterocycles. The Kier molecular flexibility index (Phi) is 7.07. The molecule has 0 aromatic carbocycles. The van der Waals surface area contributed by atoms with Crippen LogP contribution in [0.2, 0.25) is 0 Å². The van der Waals surface area contributed by atoms with Gasteiger partial charge in [0.15, 0.2) is 0 Å². The Hall–Kier alpha value is -0.230. The van der Waals surface area contributed by atoms with Crippen molar-refractivity contribution in [3.8, 4) is 0 Å². The standard InChI is InChI=1S/C12H18N2OS2.ClH/c1-16-10-4-6-17-11(10)12(15)14-8-9-3-2-5-13-7-9;/h4,6,9,13H,2-3,5,7-8H2,1H3,(H,14,15);1H. The SMILES string of the molecule is CSc1ccsc1C(=O)NCC1CCCNC1.Cl. The van der Waals surface area contributed by atoms with E-state index in [9.17, 15) is 4.79 Å². The Morgan fingerprint density at radius 1 is 1.67 bits per heavy atom. The van der Waals surface area contributed by atoms with Crippen molar-refractivity contribution in [2.45, 2.75) is 17.7 Å². The molecule has 0 saturated carbocycles. The maximum Gasteiger partial charge on any atom is 0.262 e. The number of piperidine rings is 1. The first-order chi connectivity index (χ1) is 8.31. The number of thioether (sulfide) groups is 1. The molecule has 2 heterocycles. The van der Waals surface area contributed by atoms with E-state index in [0.29, 0.717) is 5.92 Å². The van der Waals surface area contributed by atoms with Gasteiger partial charge in [0.05, 0.1) is 0 Å². The second kappa shape index (κ2) is 8.04. The number of thiophene rings is 1. The van der Waals surface area contributed by atoms with Crippen LogP contribution in [0.5, 0.6) is 0 Å². The van der Waals surface area contributed by atoms with Crippen LogP contribution >= 0.6 is 35.5 Å². The molecule has 3 nitrogen and oxygen atoms in total. The Bertz CT molecular complexity index is 378. The summed E-state index contributed by atoms with van der Waals surface area (Å²) in [6, 6.07) is 2.01. The minimum atomic E-state index is 0. The molecule has 1 aliphatic rings. The quantitative estimate of drug-likeness (QED) is 0.840. The molecule has 1 aromatic rings. The number of rotatable bonds is 4. The summed E-state index contributed by atoms with van der Waals surface area (Å²) in [6.07, 6.45) is 4.44. The fourth-order valence-corrected chi connectivity index (χ4v) is 3.71. The van der Waals surface area contributed by atoms with Crippen molar-refractivity contribution in [1.29, 1.82) is 0 Å². The fraction of sp³-hybridized carbons (Fsp3) is 0.583. The third kappa shape index (κ3) is 4.16. The molecule has 0 spiro atoms. The number of carbonyl (C=O) groups excluding carboxylic acids is 1. The van der Waals surface area contributed by atoms with Crippen molar-refractivity contribution >= 4 is 41.4 Å². The maximum atomic E-state index is 12.0. The highest BCUT2D eigenvalue weighted by molar-refractivity contribution is 7.98. The van der Waals surface area contributed by atoms with Crippen LogP contribution in [0, 0.1) is 5.92 Å². The first kappa shape index (κ1) is 15.8. The largest absolute Gasteiger partial charge is 0.351 e. The van der Waals surface area contributed by atoms with Gasteiger partial charge < -0.3 is 10.6 Å². The lowest BCUT2D eigenvalue weighted by molar-refractivity contribution is 0.0946. The van der Waals surface area contributed by atoms with Crippen molar-refractivity contribution in [3.63, 3.8) is 0 Å². The van der Waals surface area contributed by atoms with Gasteiger partial charge in [0.25, 0.3) is 5.91 Å². The van der Waals surface area contributed by atoms with Gasteiger partial charge in [0, 0.05) is 11.4 Å². The first-order valence-corrected chi connectivity index (χ1v) is 8.02. The molecule has 1 amide bonds. The lowest BCUT2D eigenvalue weighted by Crippen LogP contribution is -2.38. The number of hydrogen-bond donors (Lipinski definition) is 2. The Balaban J connectivity index is 0.00000162. The topological polar surface area (TPSA) is 41.1 Å². The summed E-state index contributed by atoms with van der Waals surface area (Å²) < 4.78 is 0. The van der Waals surface area contributed by atoms with E-state index in [0.717, 1.165) is 29.4 Å². The van der Waals surface area contributed by atoms with Gasteiger partial charge in [0.2, 0.25) is 0 Å². The molecule has 1 saturated heterocycles. The monoisotopic (exact) mass is 306 g/mol. The van der Waals surface area contributed by atoms with Gasteiger partial charge in [-0.2, -0.15) is 0 Å². The first-order valence-electron chi connectivity index (χ1n) is 5.91. The fourth-order valence-electron chi connectivity index (χ4n) is 2.04. The predicted molar refractivity (Wildman–Crippen MR) is 81.3 cm³/mol. The number of hydrogen-bond acceptors (Lipinski definition) is 4. The molecule has 2 N–H and O–H groups in total. The average molecular weight is 307 g/mol.